The van der Waals surface area contributed by atoms with Crippen LogP contribution in [0.1, 0.15) is 40.0 Å². The van der Waals surface area contributed by atoms with Gasteiger partial charge in [0, 0.05) is 11.0 Å². The van der Waals surface area contributed by atoms with Gasteiger partial charge in [-0.1, -0.05) is 27.2 Å². The fourth-order valence-electron chi connectivity index (χ4n) is 1.86. The number of rotatable bonds is 6. The minimum absolute atomic E-state index is 0. The molecule has 0 aromatic carbocycles. The Morgan fingerprint density at radius 1 is 1.42 bits per heavy atom. The summed E-state index contributed by atoms with van der Waals surface area (Å²) in [5, 5.41) is 14.4. The quantitative estimate of drug-likeness (QED) is 0.593. The van der Waals surface area contributed by atoms with E-state index in [0.717, 1.165) is 12.8 Å². The summed E-state index contributed by atoms with van der Waals surface area (Å²) in [4.78, 5) is 26.3. The van der Waals surface area contributed by atoms with Gasteiger partial charge in [0.15, 0.2) is 0 Å². The van der Waals surface area contributed by atoms with Crippen LogP contribution in [0.15, 0.2) is 4.99 Å². The van der Waals surface area contributed by atoms with Crippen LogP contribution in [0.2, 0.25) is 0 Å². The maximum Gasteiger partial charge on any atom is 1.00 e. The molecule has 102 valence electrons. The maximum atomic E-state index is 11.9. The molecule has 5 nitrogen and oxygen atoms in total. The topological polar surface area (TPSA) is 81.6 Å². The molecule has 0 aromatic rings. The molecule has 1 aliphatic heterocycles. The summed E-state index contributed by atoms with van der Waals surface area (Å²) in [5.74, 6) is -0.729. The van der Waals surface area contributed by atoms with E-state index in [2.05, 4.69) is 24.2 Å². The van der Waals surface area contributed by atoms with Crippen LogP contribution in [0.4, 0.5) is 4.79 Å². The van der Waals surface area contributed by atoms with Gasteiger partial charge in [-0.2, -0.15) is 11.8 Å². The van der Waals surface area contributed by atoms with Crippen LogP contribution in [0, 0.1) is 5.41 Å². The molecule has 1 N–H and O–H groups in total. The molecule has 1 aliphatic rings. The van der Waals surface area contributed by atoms with Crippen molar-refractivity contribution >= 4 is 29.6 Å². The van der Waals surface area contributed by atoms with E-state index < -0.39 is 23.3 Å². The Bertz CT molecular complexity index is 376. The van der Waals surface area contributed by atoms with E-state index in [-0.39, 0.29) is 29.6 Å². The number of urea groups is 1. The van der Waals surface area contributed by atoms with Crippen LogP contribution < -0.4 is 40.0 Å². The second-order valence-electron chi connectivity index (χ2n) is 4.52. The molecular formula is C12H19N2NaO3S. The van der Waals surface area contributed by atoms with E-state index in [1.165, 1.54) is 0 Å². The fourth-order valence-corrected chi connectivity index (χ4v) is 3.29. The van der Waals surface area contributed by atoms with Crippen molar-refractivity contribution in [3.63, 3.8) is 0 Å². The number of carbonyl (C=O) groups is 2. The smallest absolute Gasteiger partial charge is 0.861 e. The molecule has 2 atom stereocenters. The summed E-state index contributed by atoms with van der Waals surface area (Å²) in [6.45, 7) is 5.94. The van der Waals surface area contributed by atoms with Crippen molar-refractivity contribution in [2.24, 2.45) is 10.4 Å². The number of hydrogen-bond donors (Lipinski definition) is 1. The molecule has 1 rings (SSSR count). The largest absolute Gasteiger partial charge is 1.00 e. The van der Waals surface area contributed by atoms with Crippen molar-refractivity contribution in [1.29, 1.82) is 0 Å². The Morgan fingerprint density at radius 3 is 2.53 bits per heavy atom. The van der Waals surface area contributed by atoms with Crippen LogP contribution in [0.3, 0.4) is 0 Å². The Kier molecular flexibility index (Phi) is 8.27. The average Bonchev–Trinajstić information content (AvgIpc) is 2.29. The predicted octanol–water partition coefficient (Wildman–Crippen LogP) is -1.68. The normalized spacial score (nSPS) is 24.3. The van der Waals surface area contributed by atoms with Gasteiger partial charge in [-0.15, -0.1) is 0 Å². The average molecular weight is 294 g/mol. The van der Waals surface area contributed by atoms with Crippen LogP contribution in [-0.2, 0) is 4.79 Å². The van der Waals surface area contributed by atoms with Gasteiger partial charge in [0.2, 0.25) is 5.91 Å². The second-order valence-corrected chi connectivity index (χ2v) is 5.95. The molecule has 0 saturated heterocycles. The monoisotopic (exact) mass is 294 g/mol. The van der Waals surface area contributed by atoms with Crippen LogP contribution in [0.5, 0.6) is 0 Å². The fraction of sp³-hybridized carbons (Fsp3) is 0.750. The minimum atomic E-state index is -1.17. The van der Waals surface area contributed by atoms with E-state index in [4.69, 9.17) is 0 Å². The third kappa shape index (κ3) is 4.48. The van der Waals surface area contributed by atoms with Crippen molar-refractivity contribution in [1.82, 2.24) is 5.32 Å². The molecule has 0 aromatic heterocycles. The number of amides is 3. The van der Waals surface area contributed by atoms with Gasteiger partial charge in [-0.25, -0.2) is 9.79 Å². The molecule has 1 heterocycles. The number of nitrogens with zero attached hydrogens (tertiary/aromatic N) is 1. The second kappa shape index (κ2) is 8.29. The summed E-state index contributed by atoms with van der Waals surface area (Å²) in [6, 6.07) is -0.847. The van der Waals surface area contributed by atoms with E-state index in [0.29, 0.717) is 17.4 Å². The SMILES string of the molecule is CCCC(C)SCC1(CC)C(=O)NC(=O)N=C1[O-].[Na+]. The van der Waals surface area contributed by atoms with E-state index in [1.54, 1.807) is 18.7 Å². The predicted molar refractivity (Wildman–Crippen MR) is 70.5 cm³/mol. The molecule has 0 aliphatic carbocycles. The number of carbonyl (C=O) groups excluding carboxylic acids is 2. The summed E-state index contributed by atoms with van der Waals surface area (Å²) in [7, 11) is 0. The number of thioether (sulfide) groups is 1. The Balaban J connectivity index is 0.00000324. The number of aliphatic imine (C=N–C) groups is 1. The van der Waals surface area contributed by atoms with E-state index in [9.17, 15) is 14.7 Å². The first-order valence-electron chi connectivity index (χ1n) is 6.19. The third-order valence-corrected chi connectivity index (χ3v) is 4.64. The summed E-state index contributed by atoms with van der Waals surface area (Å²) >= 11 is 1.59. The van der Waals surface area contributed by atoms with Crippen molar-refractivity contribution in [3.8, 4) is 0 Å². The van der Waals surface area contributed by atoms with Gasteiger partial charge < -0.3 is 5.11 Å². The van der Waals surface area contributed by atoms with Gasteiger partial charge >= 0.3 is 35.6 Å². The van der Waals surface area contributed by atoms with Crippen molar-refractivity contribution in [3.05, 3.63) is 0 Å². The number of nitrogens with one attached hydrogen (secondary N) is 1. The summed E-state index contributed by atoms with van der Waals surface area (Å²) < 4.78 is 0. The van der Waals surface area contributed by atoms with Crippen molar-refractivity contribution in [2.45, 2.75) is 45.3 Å². The summed E-state index contributed by atoms with van der Waals surface area (Å²) in [6.07, 6.45) is 2.47. The zero-order chi connectivity index (χ0) is 13.8. The molecule has 7 heteroatoms. The van der Waals surface area contributed by atoms with Gasteiger partial charge in [-0.3, -0.25) is 10.1 Å². The Hall–Kier alpha value is -0.0400. The molecule has 0 fully saturated rings. The molecule has 2 unspecified atom stereocenters. The first-order chi connectivity index (χ1) is 8.46. The van der Waals surface area contributed by atoms with E-state index in [1.807, 2.05) is 0 Å². The van der Waals surface area contributed by atoms with Gasteiger partial charge in [0.05, 0.1) is 5.41 Å². The molecule has 19 heavy (non-hydrogen) atoms. The van der Waals surface area contributed by atoms with Crippen molar-refractivity contribution in [2.75, 3.05) is 5.75 Å². The van der Waals surface area contributed by atoms with Crippen LogP contribution >= 0.6 is 11.8 Å². The standard InChI is InChI=1S/C12H20N2O3S.Na/c1-4-6-8(3)18-7-12(5-2)9(15)13-11(17)14-10(12)16;/h8H,4-7H2,1-3H3,(H2,13,14,15,16,17);/q;+1/p-1. The minimum Gasteiger partial charge on any atom is -0.861 e. The third-order valence-electron chi connectivity index (χ3n) is 3.18. The maximum absolute atomic E-state index is 11.9. The van der Waals surface area contributed by atoms with Crippen molar-refractivity contribution < 1.29 is 44.3 Å². The van der Waals surface area contributed by atoms with Gasteiger partial charge in [0.25, 0.3) is 0 Å². The molecule has 0 bridgehead atoms. The first kappa shape index (κ1) is 19.0. The van der Waals surface area contributed by atoms with Crippen LogP contribution in [0.25, 0.3) is 0 Å². The van der Waals surface area contributed by atoms with E-state index >= 15 is 0 Å². The van der Waals surface area contributed by atoms with Crippen LogP contribution in [-0.4, -0.2) is 28.8 Å². The number of imide groups is 1. The van der Waals surface area contributed by atoms with Gasteiger partial charge in [-0.05, 0) is 18.7 Å². The zero-order valence-electron chi connectivity index (χ0n) is 12.0. The molecule has 0 spiro atoms. The molecular weight excluding hydrogens is 275 g/mol. The van der Waals surface area contributed by atoms with Gasteiger partial charge in [0.1, 0.15) is 0 Å². The Morgan fingerprint density at radius 2 is 2.05 bits per heavy atom. The summed E-state index contributed by atoms with van der Waals surface area (Å²) in [5.41, 5.74) is -1.17. The Labute approximate surface area is 140 Å². The zero-order valence-corrected chi connectivity index (χ0v) is 14.8. The molecule has 0 radical (unpaired) electrons. The molecule has 3 amide bonds. The first-order valence-corrected chi connectivity index (χ1v) is 7.24. The molecule has 0 saturated carbocycles. The number of hydrogen-bond acceptors (Lipinski definition) is 4.